The van der Waals surface area contributed by atoms with Gasteiger partial charge in [-0.2, -0.15) is 5.26 Å². The van der Waals surface area contributed by atoms with E-state index in [1.165, 1.54) is 13.8 Å². The van der Waals surface area contributed by atoms with E-state index in [0.29, 0.717) is 6.07 Å². The molecule has 1 amide bonds. The molecule has 1 aromatic carbocycles. The Morgan fingerprint density at radius 3 is 2.53 bits per heavy atom. The molecule has 0 fully saturated rings. The minimum Gasteiger partial charge on any atom is -0.321 e. The molecule has 0 saturated carbocycles. The van der Waals surface area contributed by atoms with E-state index < -0.39 is 23.0 Å². The summed E-state index contributed by atoms with van der Waals surface area (Å²) in [4.78, 5) is 11.6. The molecule has 0 saturated heterocycles. The van der Waals surface area contributed by atoms with Crippen LogP contribution in [0, 0.1) is 28.4 Å². The Labute approximate surface area is 102 Å². The highest BCUT2D eigenvalue weighted by Crippen LogP contribution is 2.28. The number of halogens is 3. The highest BCUT2D eigenvalue weighted by molar-refractivity contribution is 6.33. The molecule has 6 heteroatoms. The topological polar surface area (TPSA) is 52.9 Å². The van der Waals surface area contributed by atoms with Gasteiger partial charge in [0.2, 0.25) is 5.91 Å². The minimum absolute atomic E-state index is 0.260. The minimum atomic E-state index is -1.33. The maximum Gasteiger partial charge on any atom is 0.244 e. The summed E-state index contributed by atoms with van der Waals surface area (Å²) >= 11 is 5.59. The van der Waals surface area contributed by atoms with Gasteiger partial charge in [0.15, 0.2) is 5.82 Å². The molecule has 0 radical (unpaired) electrons. The first kappa shape index (κ1) is 13.4. The van der Waals surface area contributed by atoms with Crippen molar-refractivity contribution < 1.29 is 13.6 Å². The van der Waals surface area contributed by atoms with Crippen LogP contribution in [0.4, 0.5) is 14.5 Å². The summed E-state index contributed by atoms with van der Waals surface area (Å²) in [6.07, 6.45) is 0. The van der Waals surface area contributed by atoms with E-state index in [-0.39, 0.29) is 10.7 Å². The van der Waals surface area contributed by atoms with E-state index >= 15 is 0 Å². The molecule has 3 nitrogen and oxygen atoms in total. The number of carbonyl (C=O) groups excluding carboxylic acids is 1. The highest BCUT2D eigenvalue weighted by atomic mass is 35.5. The normalized spacial score (nSPS) is 10.8. The zero-order valence-corrected chi connectivity index (χ0v) is 9.90. The second kappa shape index (κ2) is 4.68. The summed E-state index contributed by atoms with van der Waals surface area (Å²) in [6, 6.07) is 3.23. The van der Waals surface area contributed by atoms with E-state index in [1.54, 1.807) is 6.07 Å². The molecule has 17 heavy (non-hydrogen) atoms. The quantitative estimate of drug-likeness (QED) is 0.886. The average Bonchev–Trinajstić information content (AvgIpc) is 2.22. The van der Waals surface area contributed by atoms with Crippen LogP contribution >= 0.6 is 11.6 Å². The van der Waals surface area contributed by atoms with Gasteiger partial charge in [-0.05, 0) is 19.9 Å². The van der Waals surface area contributed by atoms with Crippen LogP contribution in [0.3, 0.4) is 0 Å². The lowest BCUT2D eigenvalue weighted by molar-refractivity contribution is -0.121. The molecular formula is C11H9ClF2N2O. The molecule has 0 aliphatic carbocycles. The van der Waals surface area contributed by atoms with Crippen molar-refractivity contribution in [3.63, 3.8) is 0 Å². The van der Waals surface area contributed by atoms with E-state index in [0.717, 1.165) is 6.07 Å². The van der Waals surface area contributed by atoms with Gasteiger partial charge in [0, 0.05) is 6.07 Å². The second-order valence-corrected chi connectivity index (χ2v) is 4.34. The van der Waals surface area contributed by atoms with E-state index in [2.05, 4.69) is 5.32 Å². The molecule has 0 aromatic heterocycles. The Kier molecular flexibility index (Phi) is 3.69. The lowest BCUT2D eigenvalue weighted by atomic mass is 9.94. The predicted octanol–water partition coefficient (Wildman–Crippen LogP) is 3.11. The van der Waals surface area contributed by atoms with Crippen molar-refractivity contribution in [3.8, 4) is 6.07 Å². The first-order valence-electron chi connectivity index (χ1n) is 4.65. The van der Waals surface area contributed by atoms with Crippen molar-refractivity contribution in [3.05, 3.63) is 28.8 Å². The lowest BCUT2D eigenvalue weighted by Crippen LogP contribution is -2.29. The number of rotatable bonds is 2. The van der Waals surface area contributed by atoms with E-state index in [1.807, 2.05) is 0 Å². The van der Waals surface area contributed by atoms with Crippen LogP contribution < -0.4 is 5.32 Å². The third kappa shape index (κ3) is 2.92. The summed E-state index contributed by atoms with van der Waals surface area (Å²) in [5, 5.41) is 10.6. The monoisotopic (exact) mass is 258 g/mol. The van der Waals surface area contributed by atoms with Crippen molar-refractivity contribution in [2.24, 2.45) is 5.41 Å². The largest absolute Gasteiger partial charge is 0.321 e. The summed E-state index contributed by atoms with van der Waals surface area (Å²) in [5.41, 5.74) is -1.66. The molecule has 0 aliphatic rings. The van der Waals surface area contributed by atoms with Gasteiger partial charge in [-0.1, -0.05) is 11.6 Å². The van der Waals surface area contributed by atoms with Gasteiger partial charge in [-0.15, -0.1) is 0 Å². The zero-order valence-electron chi connectivity index (χ0n) is 9.14. The van der Waals surface area contributed by atoms with Gasteiger partial charge < -0.3 is 5.32 Å². The third-order valence-corrected chi connectivity index (χ3v) is 2.39. The number of amides is 1. The van der Waals surface area contributed by atoms with Crippen molar-refractivity contribution in [1.29, 1.82) is 5.26 Å². The summed E-state index contributed by atoms with van der Waals surface area (Å²) in [5.74, 6) is -2.55. The van der Waals surface area contributed by atoms with Gasteiger partial charge >= 0.3 is 0 Å². The van der Waals surface area contributed by atoms with E-state index in [4.69, 9.17) is 16.9 Å². The third-order valence-electron chi connectivity index (χ3n) is 2.09. The number of nitriles is 1. The first-order valence-corrected chi connectivity index (χ1v) is 5.03. The number of anilines is 1. The average molecular weight is 259 g/mol. The molecule has 0 bridgehead atoms. The molecule has 90 valence electrons. The fourth-order valence-corrected chi connectivity index (χ4v) is 1.22. The van der Waals surface area contributed by atoms with Gasteiger partial charge in [0.05, 0.1) is 16.8 Å². The second-order valence-electron chi connectivity index (χ2n) is 3.94. The Hall–Kier alpha value is -1.67. The lowest BCUT2D eigenvalue weighted by Gasteiger charge is -2.16. The summed E-state index contributed by atoms with van der Waals surface area (Å²) in [6.45, 7) is 2.75. The highest BCUT2D eigenvalue weighted by Gasteiger charge is 2.28. The van der Waals surface area contributed by atoms with Crippen LogP contribution in [-0.4, -0.2) is 5.91 Å². The van der Waals surface area contributed by atoms with Gasteiger partial charge in [0.25, 0.3) is 0 Å². The number of nitrogens with one attached hydrogen (secondary N) is 1. The van der Waals surface area contributed by atoms with Crippen molar-refractivity contribution in [1.82, 2.24) is 0 Å². The Balaban J connectivity index is 3.06. The smallest absolute Gasteiger partial charge is 0.244 e. The predicted molar refractivity (Wildman–Crippen MR) is 59.4 cm³/mol. The van der Waals surface area contributed by atoms with Crippen LogP contribution in [0.15, 0.2) is 12.1 Å². The van der Waals surface area contributed by atoms with E-state index in [9.17, 15) is 13.6 Å². The number of carbonyl (C=O) groups is 1. The van der Waals surface area contributed by atoms with Crippen LogP contribution in [0.2, 0.25) is 5.02 Å². The summed E-state index contributed by atoms with van der Waals surface area (Å²) < 4.78 is 26.1. The SMILES string of the molecule is CC(C)(C#N)C(=O)Nc1c(F)cc(F)cc1Cl. The van der Waals surface area contributed by atoms with Crippen LogP contribution in [0.1, 0.15) is 13.8 Å². The van der Waals surface area contributed by atoms with Crippen molar-refractivity contribution in [2.75, 3.05) is 5.32 Å². The van der Waals surface area contributed by atoms with Crippen LogP contribution in [0.5, 0.6) is 0 Å². The number of benzene rings is 1. The molecule has 0 spiro atoms. The number of hydrogen-bond acceptors (Lipinski definition) is 2. The standard InChI is InChI=1S/C11H9ClF2N2O/c1-11(2,5-15)10(17)16-9-7(12)3-6(13)4-8(9)14/h3-4H,1-2H3,(H,16,17). The zero-order chi connectivity index (χ0) is 13.2. The number of nitrogens with zero attached hydrogens (tertiary/aromatic N) is 1. The van der Waals surface area contributed by atoms with Crippen molar-refractivity contribution >= 4 is 23.2 Å². The molecule has 0 unspecified atom stereocenters. The first-order chi connectivity index (χ1) is 7.77. The van der Waals surface area contributed by atoms with Gasteiger partial charge in [-0.25, -0.2) is 8.78 Å². The maximum absolute atomic E-state index is 13.3. The summed E-state index contributed by atoms with van der Waals surface area (Å²) in [7, 11) is 0. The molecular weight excluding hydrogens is 250 g/mol. The molecule has 1 aromatic rings. The number of hydrogen-bond donors (Lipinski definition) is 1. The van der Waals surface area contributed by atoms with Gasteiger partial charge in [0.1, 0.15) is 11.2 Å². The Morgan fingerprint density at radius 2 is 2.06 bits per heavy atom. The van der Waals surface area contributed by atoms with Gasteiger partial charge in [-0.3, -0.25) is 4.79 Å². The fourth-order valence-electron chi connectivity index (χ4n) is 0.982. The van der Waals surface area contributed by atoms with Crippen molar-refractivity contribution in [2.45, 2.75) is 13.8 Å². The molecule has 0 aliphatic heterocycles. The maximum atomic E-state index is 13.3. The molecule has 1 rings (SSSR count). The van der Waals surface area contributed by atoms with Crippen LogP contribution in [0.25, 0.3) is 0 Å². The fraction of sp³-hybridized carbons (Fsp3) is 0.273. The molecule has 0 heterocycles. The molecule has 0 atom stereocenters. The Morgan fingerprint density at radius 1 is 1.47 bits per heavy atom. The van der Waals surface area contributed by atoms with Crippen LogP contribution in [-0.2, 0) is 4.79 Å². The molecule has 1 N–H and O–H groups in total. The Bertz CT molecular complexity index is 486.